The minimum Gasteiger partial charge on any atom is -0.393 e. The molecule has 0 radical (unpaired) electrons. The van der Waals surface area contributed by atoms with Crippen LogP contribution in [-0.2, 0) is 4.74 Å². The summed E-state index contributed by atoms with van der Waals surface area (Å²) in [5.41, 5.74) is 1.36. The average Bonchev–Trinajstić information content (AvgIpc) is 3.33. The Kier molecular flexibility index (Phi) is 4.80. The van der Waals surface area contributed by atoms with E-state index in [1.165, 1.54) is 57.8 Å². The van der Waals surface area contributed by atoms with Crippen molar-refractivity contribution in [3.8, 4) is 0 Å². The predicted molar refractivity (Wildman–Crippen MR) is 132 cm³/mol. The molecule has 0 aromatic heterocycles. The van der Waals surface area contributed by atoms with E-state index in [2.05, 4.69) is 27.7 Å². The van der Waals surface area contributed by atoms with Crippen molar-refractivity contribution in [2.75, 3.05) is 6.61 Å². The fraction of sp³-hybridized carbons (Fsp3) is 1.00. The summed E-state index contributed by atoms with van der Waals surface area (Å²) in [7, 11) is 0. The van der Waals surface area contributed by atoms with Crippen molar-refractivity contribution in [2.24, 2.45) is 50.7 Å². The van der Waals surface area contributed by atoms with Crippen LogP contribution in [0, 0.1) is 50.7 Å². The molecule has 0 bridgehead atoms. The standard InChI is InChI=1S/C30H50O3/c1-25(2)21-8-9-22-28(6)13-11-20(19-7-10-24(33-17-19)26(3,4)32)27(28,5)15-16-30(22)18-29(21,30)14-12-23(25)31/h19-24,31-32H,7-18H2,1-6H3/t19-,20+,21+,22+,23+,24-,27-,28+,29-,30+/m1/s1. The van der Waals surface area contributed by atoms with Crippen LogP contribution in [0.5, 0.6) is 0 Å². The van der Waals surface area contributed by atoms with Gasteiger partial charge in [-0.25, -0.2) is 0 Å². The van der Waals surface area contributed by atoms with Gasteiger partial charge in [-0.15, -0.1) is 0 Å². The summed E-state index contributed by atoms with van der Waals surface area (Å²) in [5.74, 6) is 3.04. The normalized spacial score (nSPS) is 57.5. The Balaban J connectivity index is 1.25. The molecule has 0 unspecified atom stereocenters. The molecule has 5 saturated carbocycles. The molecular weight excluding hydrogens is 408 g/mol. The molecular formula is C30H50O3. The summed E-state index contributed by atoms with van der Waals surface area (Å²) in [6.07, 6.45) is 14.2. The SMILES string of the molecule is CC(C)(O)[C@H]1CC[C@@H]([C@@H]2CC[C@@]3(C)[C@@H]4CC[C@H]5C(C)(C)[C@@H](O)CC[C@@]56C[C@@]46CC[C@]23C)CO1. The van der Waals surface area contributed by atoms with E-state index in [0.717, 1.165) is 37.2 Å². The van der Waals surface area contributed by atoms with Crippen molar-refractivity contribution in [1.82, 2.24) is 0 Å². The Morgan fingerprint density at radius 1 is 0.758 bits per heavy atom. The second-order valence-corrected chi connectivity index (χ2v) is 15.3. The molecule has 188 valence electrons. The van der Waals surface area contributed by atoms with Crippen molar-refractivity contribution < 1.29 is 14.9 Å². The quantitative estimate of drug-likeness (QED) is 0.507. The van der Waals surface area contributed by atoms with Gasteiger partial charge < -0.3 is 14.9 Å². The monoisotopic (exact) mass is 458 g/mol. The molecule has 3 nitrogen and oxygen atoms in total. The lowest BCUT2D eigenvalue weighted by atomic mass is 9.41. The minimum atomic E-state index is -0.726. The summed E-state index contributed by atoms with van der Waals surface area (Å²) in [6.45, 7) is 14.8. The maximum Gasteiger partial charge on any atom is 0.0856 e. The zero-order valence-corrected chi connectivity index (χ0v) is 22.3. The van der Waals surface area contributed by atoms with Gasteiger partial charge in [0.2, 0.25) is 0 Å². The van der Waals surface area contributed by atoms with Crippen LogP contribution in [0.1, 0.15) is 112 Å². The molecule has 6 rings (SSSR count). The summed E-state index contributed by atoms with van der Waals surface area (Å²) >= 11 is 0. The molecule has 10 atom stereocenters. The molecule has 2 N–H and O–H groups in total. The van der Waals surface area contributed by atoms with Gasteiger partial charge >= 0.3 is 0 Å². The highest BCUT2D eigenvalue weighted by Gasteiger charge is 2.82. The molecule has 0 aromatic carbocycles. The maximum atomic E-state index is 10.9. The summed E-state index contributed by atoms with van der Waals surface area (Å²) < 4.78 is 6.29. The zero-order chi connectivity index (χ0) is 23.7. The lowest BCUT2D eigenvalue weighted by molar-refractivity contribution is -0.172. The van der Waals surface area contributed by atoms with Gasteiger partial charge in [0, 0.05) is 0 Å². The number of aliphatic hydroxyl groups excluding tert-OH is 1. The van der Waals surface area contributed by atoms with Gasteiger partial charge in [0.1, 0.15) is 0 Å². The van der Waals surface area contributed by atoms with Gasteiger partial charge in [0.05, 0.1) is 24.4 Å². The van der Waals surface area contributed by atoms with E-state index < -0.39 is 5.60 Å². The first-order valence-corrected chi connectivity index (χ1v) is 14.3. The van der Waals surface area contributed by atoms with E-state index >= 15 is 0 Å². The van der Waals surface area contributed by atoms with Crippen molar-refractivity contribution in [3.63, 3.8) is 0 Å². The van der Waals surface area contributed by atoms with Crippen LogP contribution in [0.4, 0.5) is 0 Å². The highest BCUT2D eigenvalue weighted by atomic mass is 16.5. The van der Waals surface area contributed by atoms with E-state index in [0.29, 0.717) is 27.6 Å². The van der Waals surface area contributed by atoms with Crippen LogP contribution < -0.4 is 0 Å². The molecule has 0 aromatic rings. The second-order valence-electron chi connectivity index (χ2n) is 15.3. The van der Waals surface area contributed by atoms with Gasteiger partial charge in [0.15, 0.2) is 0 Å². The summed E-state index contributed by atoms with van der Waals surface area (Å²) in [5, 5.41) is 21.3. The molecule has 1 heterocycles. The molecule has 3 heteroatoms. The third-order valence-corrected chi connectivity index (χ3v) is 13.8. The third-order valence-electron chi connectivity index (χ3n) is 13.8. The van der Waals surface area contributed by atoms with Crippen LogP contribution >= 0.6 is 0 Å². The minimum absolute atomic E-state index is 0.00410. The van der Waals surface area contributed by atoms with Gasteiger partial charge in [-0.1, -0.05) is 27.7 Å². The van der Waals surface area contributed by atoms with Crippen LogP contribution in [0.15, 0.2) is 0 Å². The fourth-order valence-corrected chi connectivity index (χ4v) is 11.8. The smallest absolute Gasteiger partial charge is 0.0856 e. The van der Waals surface area contributed by atoms with E-state index in [1.807, 2.05) is 13.8 Å². The fourth-order valence-electron chi connectivity index (χ4n) is 11.8. The summed E-state index contributed by atoms with van der Waals surface area (Å²) in [6, 6.07) is 0. The molecule has 33 heavy (non-hydrogen) atoms. The topological polar surface area (TPSA) is 49.7 Å². The number of hydrogen-bond acceptors (Lipinski definition) is 3. The number of ether oxygens (including phenoxy) is 1. The van der Waals surface area contributed by atoms with Crippen molar-refractivity contribution in [2.45, 2.75) is 130 Å². The Labute approximate surface area is 202 Å². The van der Waals surface area contributed by atoms with Crippen LogP contribution in [-0.4, -0.2) is 34.6 Å². The molecule has 5 aliphatic carbocycles. The van der Waals surface area contributed by atoms with Crippen LogP contribution in [0.25, 0.3) is 0 Å². The molecule has 2 spiro atoms. The third kappa shape index (κ3) is 2.74. The lowest BCUT2D eigenvalue weighted by Gasteiger charge is -2.63. The maximum absolute atomic E-state index is 10.9. The highest BCUT2D eigenvalue weighted by molar-refractivity contribution is 5.30. The first kappa shape index (κ1) is 23.3. The van der Waals surface area contributed by atoms with Gasteiger partial charge in [0.25, 0.3) is 0 Å². The number of aliphatic hydroxyl groups is 2. The van der Waals surface area contributed by atoms with E-state index in [-0.39, 0.29) is 17.6 Å². The zero-order valence-electron chi connectivity index (χ0n) is 22.3. The number of hydrogen-bond donors (Lipinski definition) is 2. The number of fused-ring (bicyclic) bond motifs is 2. The first-order chi connectivity index (χ1) is 15.3. The first-order valence-electron chi connectivity index (χ1n) is 14.3. The van der Waals surface area contributed by atoms with Gasteiger partial charge in [-0.05, 0) is 135 Å². The molecule has 0 amide bonds. The van der Waals surface area contributed by atoms with Crippen LogP contribution in [0.3, 0.4) is 0 Å². The average molecular weight is 459 g/mol. The van der Waals surface area contributed by atoms with Crippen LogP contribution in [0.2, 0.25) is 0 Å². The molecule has 6 fully saturated rings. The Bertz CT molecular complexity index is 806. The van der Waals surface area contributed by atoms with Crippen molar-refractivity contribution >= 4 is 0 Å². The lowest BCUT2D eigenvalue weighted by Crippen LogP contribution is -2.58. The van der Waals surface area contributed by atoms with E-state index in [4.69, 9.17) is 4.74 Å². The Morgan fingerprint density at radius 2 is 1.45 bits per heavy atom. The van der Waals surface area contributed by atoms with Crippen molar-refractivity contribution in [3.05, 3.63) is 0 Å². The number of rotatable bonds is 2. The van der Waals surface area contributed by atoms with Gasteiger partial charge in [-0.3, -0.25) is 0 Å². The second kappa shape index (κ2) is 6.80. The van der Waals surface area contributed by atoms with E-state index in [1.54, 1.807) is 0 Å². The van der Waals surface area contributed by atoms with Gasteiger partial charge in [-0.2, -0.15) is 0 Å². The summed E-state index contributed by atoms with van der Waals surface area (Å²) in [4.78, 5) is 0. The van der Waals surface area contributed by atoms with Crippen molar-refractivity contribution in [1.29, 1.82) is 0 Å². The Hall–Kier alpha value is -0.120. The Morgan fingerprint density at radius 3 is 2.12 bits per heavy atom. The molecule has 6 aliphatic rings. The molecule has 1 saturated heterocycles. The van der Waals surface area contributed by atoms with E-state index in [9.17, 15) is 10.2 Å². The molecule has 1 aliphatic heterocycles. The predicted octanol–water partition coefficient (Wildman–Crippen LogP) is 6.35. The largest absolute Gasteiger partial charge is 0.393 e. The highest BCUT2D eigenvalue weighted by Crippen LogP contribution is 2.89.